The van der Waals surface area contributed by atoms with Crippen molar-refractivity contribution in [1.82, 2.24) is 5.32 Å². The van der Waals surface area contributed by atoms with Gasteiger partial charge >= 0.3 is 0 Å². The third-order valence-electron chi connectivity index (χ3n) is 4.56. The van der Waals surface area contributed by atoms with Crippen molar-refractivity contribution in [3.63, 3.8) is 0 Å². The van der Waals surface area contributed by atoms with Crippen LogP contribution in [0.5, 0.6) is 5.75 Å². The fourth-order valence-corrected chi connectivity index (χ4v) is 2.92. The van der Waals surface area contributed by atoms with Crippen LogP contribution in [0.25, 0.3) is 0 Å². The number of phenolic OH excluding ortho intramolecular Hbond substituents is 1. The molecule has 3 aromatic carbocycles. The molecule has 0 heterocycles. The second kappa shape index (κ2) is 11.2. The summed E-state index contributed by atoms with van der Waals surface area (Å²) in [5.41, 5.74) is 2.30. The number of amides is 2. The highest BCUT2D eigenvalue weighted by Crippen LogP contribution is 2.21. The van der Waals surface area contributed by atoms with Crippen molar-refractivity contribution in [3.8, 4) is 17.6 Å². The van der Waals surface area contributed by atoms with E-state index >= 15 is 0 Å². The number of carbonyl (C=O) groups is 2. The Hall–Kier alpha value is -4.04. The van der Waals surface area contributed by atoms with Gasteiger partial charge in [-0.25, -0.2) is 0 Å². The van der Waals surface area contributed by atoms with Gasteiger partial charge in [0.1, 0.15) is 5.75 Å². The summed E-state index contributed by atoms with van der Waals surface area (Å²) in [5, 5.41) is 15.5. The average Bonchev–Trinajstić information content (AvgIpc) is 2.81. The maximum atomic E-state index is 12.4. The smallest absolute Gasteiger partial charge is 0.255 e. The zero-order valence-corrected chi connectivity index (χ0v) is 17.1. The fraction of sp³-hybridized carbons (Fsp3) is 0.154. The number of phenols is 1. The summed E-state index contributed by atoms with van der Waals surface area (Å²) < 4.78 is 0. The lowest BCUT2D eigenvalue weighted by Gasteiger charge is -2.08. The molecule has 0 saturated carbocycles. The summed E-state index contributed by atoms with van der Waals surface area (Å²) >= 11 is 0. The lowest BCUT2D eigenvalue weighted by molar-refractivity contribution is 0.0952. The Labute approximate surface area is 182 Å². The molecule has 0 aliphatic rings. The standard InChI is InChI=1S/C26H24N2O3/c29-23-16-17-24(28-26(31)21-13-8-4-9-14-21)22(19-23)15-5-1-2-10-18-27-25(30)20-11-6-3-7-12-20/h3-4,6-9,11-14,16-17,19,29H,1-2,10,18H2,(H,27,30)(H,28,31). The summed E-state index contributed by atoms with van der Waals surface area (Å²) in [6.45, 7) is 0.583. The molecule has 2 amide bonds. The molecule has 3 aromatic rings. The molecule has 0 aliphatic heterocycles. The van der Waals surface area contributed by atoms with E-state index in [2.05, 4.69) is 22.5 Å². The number of anilines is 1. The van der Waals surface area contributed by atoms with Crippen LogP contribution in [0.15, 0.2) is 78.9 Å². The monoisotopic (exact) mass is 412 g/mol. The molecule has 0 spiro atoms. The molecule has 0 atom stereocenters. The van der Waals surface area contributed by atoms with Crippen molar-refractivity contribution in [2.45, 2.75) is 19.3 Å². The van der Waals surface area contributed by atoms with Gasteiger partial charge in [-0.3, -0.25) is 9.59 Å². The molecule has 31 heavy (non-hydrogen) atoms. The largest absolute Gasteiger partial charge is 0.508 e. The van der Waals surface area contributed by atoms with Crippen LogP contribution in [-0.2, 0) is 0 Å². The molecule has 5 nitrogen and oxygen atoms in total. The number of rotatable bonds is 7. The third-order valence-corrected chi connectivity index (χ3v) is 4.56. The van der Waals surface area contributed by atoms with Crippen LogP contribution in [0.2, 0.25) is 0 Å². The summed E-state index contributed by atoms with van der Waals surface area (Å²) in [7, 11) is 0. The average molecular weight is 412 g/mol. The first-order valence-corrected chi connectivity index (χ1v) is 10.1. The molecular formula is C26H24N2O3. The van der Waals surface area contributed by atoms with E-state index in [4.69, 9.17) is 0 Å². The predicted octanol–water partition coefficient (Wildman–Crippen LogP) is 4.60. The first kappa shape index (κ1) is 21.7. The van der Waals surface area contributed by atoms with Gasteiger partial charge in [0.25, 0.3) is 11.8 Å². The molecule has 0 fully saturated rings. The van der Waals surface area contributed by atoms with Crippen LogP contribution in [0.3, 0.4) is 0 Å². The van der Waals surface area contributed by atoms with Gasteiger partial charge in [-0.15, -0.1) is 0 Å². The maximum Gasteiger partial charge on any atom is 0.255 e. The highest BCUT2D eigenvalue weighted by Gasteiger charge is 2.08. The number of hydrogen-bond acceptors (Lipinski definition) is 3. The van der Waals surface area contributed by atoms with Crippen LogP contribution in [0.4, 0.5) is 5.69 Å². The Bertz CT molecular complexity index is 1080. The van der Waals surface area contributed by atoms with Crippen LogP contribution in [0, 0.1) is 11.8 Å². The van der Waals surface area contributed by atoms with Gasteiger partial charge < -0.3 is 15.7 Å². The van der Waals surface area contributed by atoms with Crippen molar-refractivity contribution >= 4 is 17.5 Å². The summed E-state index contributed by atoms with van der Waals surface area (Å²) in [6, 6.07) is 22.7. The number of benzene rings is 3. The van der Waals surface area contributed by atoms with Gasteiger partial charge in [-0.1, -0.05) is 48.2 Å². The van der Waals surface area contributed by atoms with Crippen LogP contribution in [0.1, 0.15) is 45.5 Å². The molecule has 0 radical (unpaired) electrons. The van der Waals surface area contributed by atoms with Crippen LogP contribution < -0.4 is 10.6 Å². The molecular weight excluding hydrogens is 388 g/mol. The third kappa shape index (κ3) is 6.76. The van der Waals surface area contributed by atoms with Crippen molar-refractivity contribution in [3.05, 3.63) is 95.6 Å². The molecule has 5 heteroatoms. The zero-order chi connectivity index (χ0) is 21.9. The van der Waals surface area contributed by atoms with E-state index in [1.54, 1.807) is 42.5 Å². The van der Waals surface area contributed by atoms with E-state index in [9.17, 15) is 14.7 Å². The lowest BCUT2D eigenvalue weighted by Crippen LogP contribution is -2.24. The van der Waals surface area contributed by atoms with Crippen LogP contribution >= 0.6 is 0 Å². The van der Waals surface area contributed by atoms with Gasteiger partial charge in [0, 0.05) is 24.1 Å². The summed E-state index contributed by atoms with van der Waals surface area (Å²) in [5.74, 6) is 5.88. The van der Waals surface area contributed by atoms with E-state index < -0.39 is 0 Å². The van der Waals surface area contributed by atoms with Gasteiger partial charge in [0.2, 0.25) is 0 Å². The van der Waals surface area contributed by atoms with E-state index in [0.717, 1.165) is 12.8 Å². The van der Waals surface area contributed by atoms with Crippen molar-refractivity contribution < 1.29 is 14.7 Å². The number of nitrogens with one attached hydrogen (secondary N) is 2. The molecule has 0 aromatic heterocycles. The second-order valence-corrected chi connectivity index (χ2v) is 6.93. The van der Waals surface area contributed by atoms with Gasteiger partial charge in [0.15, 0.2) is 0 Å². The van der Waals surface area contributed by atoms with Crippen molar-refractivity contribution in [2.75, 3.05) is 11.9 Å². The van der Waals surface area contributed by atoms with Crippen LogP contribution in [-0.4, -0.2) is 23.5 Å². The number of carbonyl (C=O) groups excluding carboxylic acids is 2. The van der Waals surface area contributed by atoms with Gasteiger partial charge in [0.05, 0.1) is 11.3 Å². The minimum absolute atomic E-state index is 0.0785. The molecule has 0 saturated heterocycles. The number of hydrogen-bond donors (Lipinski definition) is 3. The highest BCUT2D eigenvalue weighted by molar-refractivity contribution is 6.05. The Morgan fingerprint density at radius 1 is 0.806 bits per heavy atom. The first-order chi connectivity index (χ1) is 15.1. The fourth-order valence-electron chi connectivity index (χ4n) is 2.92. The second-order valence-electron chi connectivity index (χ2n) is 6.93. The minimum atomic E-state index is -0.233. The molecule has 0 aliphatic carbocycles. The van der Waals surface area contributed by atoms with E-state index in [1.807, 2.05) is 24.3 Å². The Balaban J connectivity index is 1.49. The number of aromatic hydroxyl groups is 1. The Morgan fingerprint density at radius 3 is 2.13 bits per heavy atom. The van der Waals surface area contributed by atoms with E-state index in [1.165, 1.54) is 12.1 Å². The minimum Gasteiger partial charge on any atom is -0.508 e. The summed E-state index contributed by atoms with van der Waals surface area (Å²) in [4.78, 5) is 24.4. The van der Waals surface area contributed by atoms with E-state index in [0.29, 0.717) is 35.3 Å². The lowest BCUT2D eigenvalue weighted by atomic mass is 10.1. The van der Waals surface area contributed by atoms with E-state index in [-0.39, 0.29) is 17.6 Å². The van der Waals surface area contributed by atoms with Gasteiger partial charge in [-0.05, 0) is 55.3 Å². The quantitative estimate of drug-likeness (QED) is 0.302. The molecule has 3 N–H and O–H groups in total. The summed E-state index contributed by atoms with van der Waals surface area (Å²) in [6.07, 6.45) is 2.28. The normalized spacial score (nSPS) is 9.94. The first-order valence-electron chi connectivity index (χ1n) is 10.1. The molecule has 0 bridgehead atoms. The Morgan fingerprint density at radius 2 is 1.45 bits per heavy atom. The predicted molar refractivity (Wildman–Crippen MR) is 122 cm³/mol. The number of unbranched alkanes of at least 4 members (excludes halogenated alkanes) is 2. The van der Waals surface area contributed by atoms with Crippen molar-refractivity contribution in [1.29, 1.82) is 0 Å². The van der Waals surface area contributed by atoms with Gasteiger partial charge in [-0.2, -0.15) is 0 Å². The Kier molecular flexibility index (Phi) is 7.84. The highest BCUT2D eigenvalue weighted by atomic mass is 16.3. The topological polar surface area (TPSA) is 78.4 Å². The molecule has 0 unspecified atom stereocenters. The maximum absolute atomic E-state index is 12.4. The van der Waals surface area contributed by atoms with Crippen molar-refractivity contribution in [2.24, 2.45) is 0 Å². The molecule has 3 rings (SSSR count). The zero-order valence-electron chi connectivity index (χ0n) is 17.1. The SMILES string of the molecule is O=C(NCCCCC#Cc1cc(O)ccc1NC(=O)c1ccccc1)c1ccccc1. The molecule has 156 valence electrons.